The quantitative estimate of drug-likeness (QED) is 0.623. The van der Waals surface area contributed by atoms with Crippen LogP contribution in [-0.4, -0.2) is 35.7 Å². The third kappa shape index (κ3) is 6.57. The van der Waals surface area contributed by atoms with Crippen LogP contribution in [0.15, 0.2) is 54.6 Å². The highest BCUT2D eigenvalue weighted by atomic mass is 16.5. The molecule has 0 bridgehead atoms. The molecule has 2 atom stereocenters. The lowest BCUT2D eigenvalue weighted by Crippen LogP contribution is -2.48. The molecule has 0 fully saturated rings. The van der Waals surface area contributed by atoms with Crippen LogP contribution in [-0.2, 0) is 27.2 Å². The fraction of sp³-hybridized carbons (Fsp3) is 0.300. The van der Waals surface area contributed by atoms with E-state index in [4.69, 9.17) is 10.5 Å². The van der Waals surface area contributed by atoms with E-state index in [1.807, 2.05) is 30.3 Å². The molecule has 0 unspecified atom stereocenters. The molecule has 26 heavy (non-hydrogen) atoms. The van der Waals surface area contributed by atoms with Crippen molar-refractivity contribution >= 4 is 11.9 Å². The van der Waals surface area contributed by atoms with Gasteiger partial charge in [0.15, 0.2) is 0 Å². The monoisotopic (exact) mass is 356 g/mol. The first-order valence-electron chi connectivity index (χ1n) is 8.45. The van der Waals surface area contributed by atoms with Gasteiger partial charge in [0.2, 0.25) is 5.91 Å². The number of carbonyl (C=O) groups excluding carboxylic acids is 2. The van der Waals surface area contributed by atoms with Crippen molar-refractivity contribution in [1.29, 1.82) is 0 Å². The smallest absolute Gasteiger partial charge is 0.302 e. The normalized spacial score (nSPS) is 12.8. The number of carbonyl (C=O) groups is 2. The first-order chi connectivity index (χ1) is 12.4. The third-order valence-corrected chi connectivity index (χ3v) is 3.89. The Morgan fingerprint density at radius 2 is 1.65 bits per heavy atom. The Labute approximate surface area is 153 Å². The number of esters is 1. The molecule has 6 nitrogen and oxygen atoms in total. The van der Waals surface area contributed by atoms with Gasteiger partial charge in [0, 0.05) is 6.92 Å². The number of nitrogens with two attached hydrogens (primary N) is 1. The molecular weight excluding hydrogens is 332 g/mol. The summed E-state index contributed by atoms with van der Waals surface area (Å²) >= 11 is 0. The van der Waals surface area contributed by atoms with Crippen LogP contribution in [0.4, 0.5) is 0 Å². The number of aromatic hydroxyl groups is 1. The second-order valence-corrected chi connectivity index (χ2v) is 6.17. The highest BCUT2D eigenvalue weighted by molar-refractivity contribution is 5.82. The Balaban J connectivity index is 1.96. The van der Waals surface area contributed by atoms with Crippen LogP contribution in [0, 0.1) is 0 Å². The van der Waals surface area contributed by atoms with Crippen molar-refractivity contribution in [2.45, 2.75) is 31.8 Å². The summed E-state index contributed by atoms with van der Waals surface area (Å²) in [7, 11) is 0. The predicted octanol–water partition coefficient (Wildman–Crippen LogP) is 1.55. The van der Waals surface area contributed by atoms with E-state index in [1.54, 1.807) is 24.3 Å². The summed E-state index contributed by atoms with van der Waals surface area (Å²) in [5, 5.41) is 12.2. The highest BCUT2D eigenvalue weighted by Crippen LogP contribution is 2.11. The van der Waals surface area contributed by atoms with Gasteiger partial charge in [0.25, 0.3) is 0 Å². The minimum absolute atomic E-state index is 0.0852. The fourth-order valence-corrected chi connectivity index (χ4v) is 2.56. The van der Waals surface area contributed by atoms with Gasteiger partial charge in [-0.2, -0.15) is 0 Å². The number of benzene rings is 2. The topological polar surface area (TPSA) is 102 Å². The second-order valence-electron chi connectivity index (χ2n) is 6.17. The molecule has 0 saturated carbocycles. The summed E-state index contributed by atoms with van der Waals surface area (Å²) in [6.45, 7) is 1.42. The Hall–Kier alpha value is -2.86. The van der Waals surface area contributed by atoms with E-state index >= 15 is 0 Å². The molecular formula is C20H24N2O4. The molecule has 0 saturated heterocycles. The van der Waals surface area contributed by atoms with Crippen LogP contribution in [0.1, 0.15) is 18.1 Å². The van der Waals surface area contributed by atoms with E-state index in [-0.39, 0.29) is 24.3 Å². The predicted molar refractivity (Wildman–Crippen MR) is 98.5 cm³/mol. The Morgan fingerprint density at radius 1 is 1.04 bits per heavy atom. The van der Waals surface area contributed by atoms with Crippen molar-refractivity contribution in [3.8, 4) is 5.75 Å². The van der Waals surface area contributed by atoms with Crippen molar-refractivity contribution in [3.05, 3.63) is 65.7 Å². The summed E-state index contributed by atoms with van der Waals surface area (Å²) < 4.78 is 5.07. The number of phenols is 1. The van der Waals surface area contributed by atoms with E-state index in [0.29, 0.717) is 12.8 Å². The van der Waals surface area contributed by atoms with Crippen molar-refractivity contribution < 1.29 is 19.4 Å². The molecule has 0 aliphatic rings. The molecule has 0 aromatic heterocycles. The van der Waals surface area contributed by atoms with Crippen LogP contribution in [0.3, 0.4) is 0 Å². The maximum atomic E-state index is 12.4. The summed E-state index contributed by atoms with van der Waals surface area (Å²) in [5.74, 6) is -0.548. The number of hydrogen-bond donors (Lipinski definition) is 3. The lowest BCUT2D eigenvalue weighted by molar-refractivity contribution is -0.142. The molecule has 0 aliphatic heterocycles. The van der Waals surface area contributed by atoms with Gasteiger partial charge < -0.3 is 20.9 Å². The van der Waals surface area contributed by atoms with Crippen molar-refractivity contribution in [1.82, 2.24) is 5.32 Å². The zero-order valence-electron chi connectivity index (χ0n) is 14.7. The van der Waals surface area contributed by atoms with Crippen LogP contribution in [0.5, 0.6) is 5.75 Å². The molecule has 0 heterocycles. The molecule has 2 aromatic rings. The number of amides is 1. The Morgan fingerprint density at radius 3 is 2.27 bits per heavy atom. The first-order valence-corrected chi connectivity index (χ1v) is 8.45. The summed E-state index contributed by atoms with van der Waals surface area (Å²) in [5.41, 5.74) is 7.88. The third-order valence-electron chi connectivity index (χ3n) is 3.89. The highest BCUT2D eigenvalue weighted by Gasteiger charge is 2.20. The van der Waals surface area contributed by atoms with Gasteiger partial charge in [-0.1, -0.05) is 42.5 Å². The second kappa shape index (κ2) is 9.58. The molecule has 0 spiro atoms. The van der Waals surface area contributed by atoms with Crippen molar-refractivity contribution in [3.63, 3.8) is 0 Å². The number of ether oxygens (including phenoxy) is 1. The molecule has 4 N–H and O–H groups in total. The van der Waals surface area contributed by atoms with E-state index in [0.717, 1.165) is 11.1 Å². The standard InChI is InChI=1S/C20H24N2O4/c1-14(23)26-13-17(11-15-5-3-2-4-6-15)22-20(25)19(21)12-16-7-9-18(24)10-8-16/h2-10,17,19,24H,11-13,21H2,1H3,(H,22,25)/t17-,19+/m1/s1. The van der Waals surface area contributed by atoms with E-state index in [2.05, 4.69) is 5.32 Å². The minimum Gasteiger partial charge on any atom is -0.508 e. The average Bonchev–Trinajstić information content (AvgIpc) is 2.62. The number of nitrogens with one attached hydrogen (secondary N) is 1. The average molecular weight is 356 g/mol. The van der Waals surface area contributed by atoms with Gasteiger partial charge >= 0.3 is 5.97 Å². The zero-order chi connectivity index (χ0) is 18.9. The maximum Gasteiger partial charge on any atom is 0.302 e. The van der Waals surface area contributed by atoms with Crippen molar-refractivity contribution in [2.24, 2.45) is 5.73 Å². The molecule has 138 valence electrons. The maximum absolute atomic E-state index is 12.4. The molecule has 2 rings (SSSR count). The Bertz CT molecular complexity index is 716. The van der Waals surface area contributed by atoms with Gasteiger partial charge in [-0.25, -0.2) is 0 Å². The molecule has 1 amide bonds. The lowest BCUT2D eigenvalue weighted by atomic mass is 10.0. The molecule has 2 aromatic carbocycles. The summed E-state index contributed by atoms with van der Waals surface area (Å²) in [6, 6.07) is 15.1. The van der Waals surface area contributed by atoms with Crippen LogP contribution < -0.4 is 11.1 Å². The molecule has 0 radical (unpaired) electrons. The first kappa shape index (κ1) is 19.5. The number of phenolic OH excluding ortho intramolecular Hbond substituents is 1. The zero-order valence-corrected chi connectivity index (χ0v) is 14.7. The SMILES string of the molecule is CC(=O)OC[C@@H](Cc1ccccc1)NC(=O)[C@@H](N)Cc1ccc(O)cc1. The van der Waals surface area contributed by atoms with Crippen LogP contribution in [0.25, 0.3) is 0 Å². The molecule has 6 heteroatoms. The number of hydrogen-bond acceptors (Lipinski definition) is 5. The van der Waals surface area contributed by atoms with Gasteiger partial charge in [-0.15, -0.1) is 0 Å². The number of rotatable bonds is 8. The van der Waals surface area contributed by atoms with E-state index in [9.17, 15) is 14.7 Å². The lowest BCUT2D eigenvalue weighted by Gasteiger charge is -2.21. The van der Waals surface area contributed by atoms with Crippen LogP contribution >= 0.6 is 0 Å². The van der Waals surface area contributed by atoms with Gasteiger partial charge in [-0.05, 0) is 36.1 Å². The van der Waals surface area contributed by atoms with E-state index < -0.39 is 12.0 Å². The minimum atomic E-state index is -0.741. The summed E-state index contributed by atoms with van der Waals surface area (Å²) in [6.07, 6.45) is 0.878. The van der Waals surface area contributed by atoms with Gasteiger partial charge in [0.05, 0.1) is 12.1 Å². The van der Waals surface area contributed by atoms with Gasteiger partial charge in [-0.3, -0.25) is 9.59 Å². The largest absolute Gasteiger partial charge is 0.508 e. The molecule has 0 aliphatic carbocycles. The van der Waals surface area contributed by atoms with Gasteiger partial charge in [0.1, 0.15) is 12.4 Å². The van der Waals surface area contributed by atoms with E-state index in [1.165, 1.54) is 6.92 Å². The Kier molecular flexibility index (Phi) is 7.17. The summed E-state index contributed by atoms with van der Waals surface area (Å²) in [4.78, 5) is 23.5. The van der Waals surface area contributed by atoms with Crippen molar-refractivity contribution in [2.75, 3.05) is 6.61 Å². The fourth-order valence-electron chi connectivity index (χ4n) is 2.56. The van der Waals surface area contributed by atoms with Crippen LogP contribution in [0.2, 0.25) is 0 Å².